The van der Waals surface area contributed by atoms with E-state index in [-0.39, 0.29) is 6.61 Å². The Morgan fingerprint density at radius 1 is 1.22 bits per heavy atom. The van der Waals surface area contributed by atoms with Crippen molar-refractivity contribution in [2.24, 2.45) is 0 Å². The van der Waals surface area contributed by atoms with Crippen molar-refractivity contribution in [3.63, 3.8) is 0 Å². The van der Waals surface area contributed by atoms with Gasteiger partial charge in [-0.05, 0) is 25.0 Å². The Morgan fingerprint density at radius 3 is 2.52 bits per heavy atom. The number of esters is 1. The van der Waals surface area contributed by atoms with E-state index in [9.17, 15) is 13.2 Å². The second-order valence-corrected chi connectivity index (χ2v) is 6.61. The van der Waals surface area contributed by atoms with Gasteiger partial charge in [0.05, 0.1) is 19.9 Å². The predicted octanol–water partition coefficient (Wildman–Crippen LogP) is 0.999. The SMILES string of the molecule is COC(=O)COc1ccc(NS(=O)(=O)N2CCCC2)cc1OC. The number of carbonyl (C=O) groups is 1. The molecule has 23 heavy (non-hydrogen) atoms. The molecule has 9 heteroatoms. The van der Waals surface area contributed by atoms with Gasteiger partial charge in [0, 0.05) is 19.2 Å². The summed E-state index contributed by atoms with van der Waals surface area (Å²) in [5.41, 5.74) is 0.360. The fourth-order valence-electron chi connectivity index (χ4n) is 2.19. The van der Waals surface area contributed by atoms with Gasteiger partial charge in [-0.2, -0.15) is 12.7 Å². The van der Waals surface area contributed by atoms with Gasteiger partial charge in [-0.25, -0.2) is 4.79 Å². The van der Waals surface area contributed by atoms with Crippen molar-refractivity contribution in [1.29, 1.82) is 0 Å². The molecular weight excluding hydrogens is 324 g/mol. The first-order chi connectivity index (χ1) is 11.0. The maximum Gasteiger partial charge on any atom is 0.343 e. The average molecular weight is 344 g/mol. The van der Waals surface area contributed by atoms with Gasteiger partial charge < -0.3 is 14.2 Å². The van der Waals surface area contributed by atoms with Gasteiger partial charge >= 0.3 is 16.2 Å². The Kier molecular flexibility index (Phi) is 5.67. The predicted molar refractivity (Wildman–Crippen MR) is 83.9 cm³/mol. The highest BCUT2D eigenvalue weighted by atomic mass is 32.2. The lowest BCUT2D eigenvalue weighted by molar-refractivity contribution is -0.142. The van der Waals surface area contributed by atoms with Gasteiger partial charge in [0.2, 0.25) is 0 Å². The lowest BCUT2D eigenvalue weighted by atomic mass is 10.3. The molecule has 1 fully saturated rings. The van der Waals surface area contributed by atoms with Crippen LogP contribution in [0.2, 0.25) is 0 Å². The molecule has 0 bridgehead atoms. The van der Waals surface area contributed by atoms with Gasteiger partial charge in [0.25, 0.3) is 0 Å². The molecular formula is C14H20N2O6S. The molecule has 0 aliphatic carbocycles. The second kappa shape index (κ2) is 7.51. The summed E-state index contributed by atoms with van der Waals surface area (Å²) in [6.45, 7) is 0.783. The van der Waals surface area contributed by atoms with E-state index in [1.807, 2.05) is 0 Å². The van der Waals surface area contributed by atoms with E-state index in [0.29, 0.717) is 30.3 Å². The molecule has 8 nitrogen and oxygen atoms in total. The van der Waals surface area contributed by atoms with E-state index in [2.05, 4.69) is 9.46 Å². The maximum absolute atomic E-state index is 12.2. The first-order valence-corrected chi connectivity index (χ1v) is 8.56. The fourth-order valence-corrected chi connectivity index (χ4v) is 3.48. The Hall–Kier alpha value is -2.00. The lowest BCUT2D eigenvalue weighted by Crippen LogP contribution is -2.33. The highest BCUT2D eigenvalue weighted by Crippen LogP contribution is 2.31. The molecule has 1 saturated heterocycles. The molecule has 1 aliphatic rings. The van der Waals surface area contributed by atoms with Crippen molar-refractivity contribution >= 4 is 21.9 Å². The number of hydrogen-bond donors (Lipinski definition) is 1. The van der Waals surface area contributed by atoms with Crippen molar-refractivity contribution in [3.05, 3.63) is 18.2 Å². The molecule has 0 aromatic heterocycles. The number of methoxy groups -OCH3 is 2. The summed E-state index contributed by atoms with van der Waals surface area (Å²) in [5.74, 6) is 0.114. The van der Waals surface area contributed by atoms with Gasteiger partial charge in [-0.3, -0.25) is 4.72 Å². The van der Waals surface area contributed by atoms with E-state index >= 15 is 0 Å². The molecule has 1 aromatic rings. The molecule has 0 saturated carbocycles. The van der Waals surface area contributed by atoms with Crippen LogP contribution in [-0.2, 0) is 19.7 Å². The number of hydrogen-bond acceptors (Lipinski definition) is 6. The number of nitrogens with zero attached hydrogens (tertiary/aromatic N) is 1. The molecule has 1 aromatic carbocycles. The Labute approximate surface area is 135 Å². The number of anilines is 1. The molecule has 0 radical (unpaired) electrons. The smallest absolute Gasteiger partial charge is 0.343 e. The van der Waals surface area contributed by atoms with Crippen LogP contribution >= 0.6 is 0 Å². The van der Waals surface area contributed by atoms with Crippen molar-refractivity contribution in [3.8, 4) is 11.5 Å². The number of nitrogens with one attached hydrogen (secondary N) is 1. The van der Waals surface area contributed by atoms with Gasteiger partial charge in [0.15, 0.2) is 18.1 Å². The van der Waals surface area contributed by atoms with Crippen LogP contribution < -0.4 is 14.2 Å². The molecule has 1 N–H and O–H groups in total. The van der Waals surface area contributed by atoms with E-state index in [4.69, 9.17) is 9.47 Å². The van der Waals surface area contributed by atoms with Crippen LogP contribution in [0.25, 0.3) is 0 Å². The standard InChI is InChI=1S/C14H20N2O6S/c1-20-13-9-11(5-6-12(13)22-10-14(17)21-2)15-23(18,19)16-7-3-4-8-16/h5-6,9,15H,3-4,7-8,10H2,1-2H3. The second-order valence-electron chi connectivity index (χ2n) is 4.94. The number of ether oxygens (including phenoxy) is 3. The highest BCUT2D eigenvalue weighted by molar-refractivity contribution is 7.90. The van der Waals surface area contributed by atoms with E-state index in [1.54, 1.807) is 6.07 Å². The Bertz CT molecular complexity index is 655. The first kappa shape index (κ1) is 17.4. The van der Waals surface area contributed by atoms with Gasteiger partial charge in [-0.15, -0.1) is 0 Å². The molecule has 1 aliphatic heterocycles. The topological polar surface area (TPSA) is 94.2 Å². The summed E-state index contributed by atoms with van der Waals surface area (Å²) in [5, 5.41) is 0. The fraction of sp³-hybridized carbons (Fsp3) is 0.500. The summed E-state index contributed by atoms with van der Waals surface area (Å²) < 4.78 is 43.3. The molecule has 128 valence electrons. The van der Waals surface area contributed by atoms with Gasteiger partial charge in [-0.1, -0.05) is 0 Å². The highest BCUT2D eigenvalue weighted by Gasteiger charge is 2.25. The van der Waals surface area contributed by atoms with Crippen LogP contribution in [-0.4, -0.2) is 52.6 Å². The minimum atomic E-state index is -3.57. The van der Waals surface area contributed by atoms with Gasteiger partial charge in [0.1, 0.15) is 0 Å². The third-order valence-corrected chi connectivity index (χ3v) is 4.93. The van der Waals surface area contributed by atoms with Crippen molar-refractivity contribution in [2.75, 3.05) is 38.6 Å². The van der Waals surface area contributed by atoms with Crippen LogP contribution in [0.5, 0.6) is 11.5 Å². The summed E-state index contributed by atoms with van der Waals surface area (Å²) in [6, 6.07) is 4.58. The van der Waals surface area contributed by atoms with Crippen molar-refractivity contribution in [1.82, 2.24) is 4.31 Å². The van der Waals surface area contributed by atoms with Crippen LogP contribution in [0, 0.1) is 0 Å². The minimum absolute atomic E-state index is 0.258. The normalized spacial score (nSPS) is 15.2. The largest absolute Gasteiger partial charge is 0.493 e. The zero-order valence-corrected chi connectivity index (χ0v) is 13.9. The van der Waals surface area contributed by atoms with Crippen LogP contribution in [0.15, 0.2) is 18.2 Å². The Balaban J connectivity index is 2.10. The van der Waals surface area contributed by atoms with E-state index in [1.165, 1.54) is 30.7 Å². The van der Waals surface area contributed by atoms with E-state index in [0.717, 1.165) is 12.8 Å². The summed E-state index contributed by atoms with van der Waals surface area (Å²) in [4.78, 5) is 11.1. The zero-order valence-electron chi connectivity index (χ0n) is 13.1. The third-order valence-electron chi connectivity index (χ3n) is 3.39. The molecule has 2 rings (SSSR count). The third kappa shape index (κ3) is 4.49. The quantitative estimate of drug-likeness (QED) is 0.742. The summed E-state index contributed by atoms with van der Waals surface area (Å²) in [6.07, 6.45) is 1.73. The molecule has 0 unspecified atom stereocenters. The Morgan fingerprint density at radius 2 is 1.91 bits per heavy atom. The molecule has 0 atom stereocenters. The van der Waals surface area contributed by atoms with Crippen LogP contribution in [0.1, 0.15) is 12.8 Å². The summed E-state index contributed by atoms with van der Waals surface area (Å²) >= 11 is 0. The monoisotopic (exact) mass is 344 g/mol. The zero-order chi connectivity index (χ0) is 16.9. The van der Waals surface area contributed by atoms with Crippen LogP contribution in [0.3, 0.4) is 0 Å². The minimum Gasteiger partial charge on any atom is -0.493 e. The average Bonchev–Trinajstić information content (AvgIpc) is 3.08. The number of benzene rings is 1. The first-order valence-electron chi connectivity index (χ1n) is 7.12. The lowest BCUT2D eigenvalue weighted by Gasteiger charge is -2.18. The number of rotatable bonds is 7. The van der Waals surface area contributed by atoms with E-state index < -0.39 is 16.2 Å². The van der Waals surface area contributed by atoms with Crippen LogP contribution in [0.4, 0.5) is 5.69 Å². The number of carbonyl (C=O) groups excluding carboxylic acids is 1. The molecule has 1 heterocycles. The van der Waals surface area contributed by atoms with Crippen molar-refractivity contribution in [2.45, 2.75) is 12.8 Å². The maximum atomic E-state index is 12.2. The van der Waals surface area contributed by atoms with Crippen molar-refractivity contribution < 1.29 is 27.4 Å². The molecule has 0 spiro atoms. The summed E-state index contributed by atoms with van der Waals surface area (Å²) in [7, 11) is -0.875. The molecule has 0 amide bonds.